The van der Waals surface area contributed by atoms with Crippen molar-refractivity contribution < 1.29 is 4.79 Å². The number of rotatable bonds is 7. The second-order valence-electron chi connectivity index (χ2n) is 6.04. The van der Waals surface area contributed by atoms with Crippen LogP contribution >= 0.6 is 0 Å². The van der Waals surface area contributed by atoms with E-state index in [-0.39, 0.29) is 12.5 Å². The maximum Gasteiger partial charge on any atom is 0.239 e. The van der Waals surface area contributed by atoms with Crippen LogP contribution in [0.5, 0.6) is 0 Å². The van der Waals surface area contributed by atoms with Crippen LogP contribution in [0.4, 0.5) is 5.82 Å². The largest absolute Gasteiger partial charge is 0.360 e. The van der Waals surface area contributed by atoms with Gasteiger partial charge in [0.05, 0.1) is 24.6 Å². The van der Waals surface area contributed by atoms with E-state index in [9.17, 15) is 4.79 Å². The second kappa shape index (κ2) is 8.24. The minimum absolute atomic E-state index is 0.0840. The van der Waals surface area contributed by atoms with Gasteiger partial charge in [0, 0.05) is 12.2 Å². The van der Waals surface area contributed by atoms with Crippen LogP contribution in [0.1, 0.15) is 17.0 Å². The van der Waals surface area contributed by atoms with Crippen molar-refractivity contribution in [2.24, 2.45) is 0 Å². The Morgan fingerprint density at radius 2 is 1.96 bits per heavy atom. The number of aryl methyl sites for hydroxylation is 2. The highest BCUT2D eigenvalue weighted by Gasteiger charge is 2.07. The molecular formula is C19H22N6O. The molecule has 0 fully saturated rings. The van der Waals surface area contributed by atoms with Crippen LogP contribution in [0, 0.1) is 13.8 Å². The summed E-state index contributed by atoms with van der Waals surface area (Å²) in [6, 6.07) is 12.0. The lowest BCUT2D eigenvalue weighted by atomic mass is 10.1. The van der Waals surface area contributed by atoms with Crippen LogP contribution < -0.4 is 10.6 Å². The fourth-order valence-corrected chi connectivity index (χ4v) is 2.63. The molecule has 0 saturated heterocycles. The van der Waals surface area contributed by atoms with Crippen molar-refractivity contribution in [2.75, 3.05) is 18.4 Å². The van der Waals surface area contributed by atoms with Gasteiger partial charge in [-0.1, -0.05) is 30.3 Å². The van der Waals surface area contributed by atoms with Gasteiger partial charge in [-0.3, -0.25) is 9.78 Å². The Labute approximate surface area is 152 Å². The predicted octanol–water partition coefficient (Wildman–Crippen LogP) is 2.05. The van der Waals surface area contributed by atoms with Crippen LogP contribution in [0.2, 0.25) is 0 Å². The SMILES string of the molecule is Cc1cc(C)n(-c2cncc(NCC(=O)NCCc3ccccc3)n2)n1. The Morgan fingerprint density at radius 1 is 1.15 bits per heavy atom. The van der Waals surface area contributed by atoms with Crippen molar-refractivity contribution in [3.05, 3.63) is 65.7 Å². The number of nitrogens with zero attached hydrogens (tertiary/aromatic N) is 4. The summed E-state index contributed by atoms with van der Waals surface area (Å²) in [7, 11) is 0. The molecule has 3 aromatic rings. The zero-order valence-electron chi connectivity index (χ0n) is 14.9. The van der Waals surface area contributed by atoms with E-state index in [1.54, 1.807) is 17.1 Å². The molecule has 1 amide bonds. The average molecular weight is 350 g/mol. The van der Waals surface area contributed by atoms with Gasteiger partial charge < -0.3 is 10.6 Å². The number of hydrogen-bond acceptors (Lipinski definition) is 5. The zero-order valence-corrected chi connectivity index (χ0v) is 14.9. The maximum atomic E-state index is 12.0. The van der Waals surface area contributed by atoms with E-state index < -0.39 is 0 Å². The van der Waals surface area contributed by atoms with Crippen molar-refractivity contribution in [1.82, 2.24) is 25.1 Å². The average Bonchev–Trinajstić information content (AvgIpc) is 2.99. The molecule has 0 radical (unpaired) electrons. The molecule has 3 rings (SSSR count). The third-order valence-corrected chi connectivity index (χ3v) is 3.86. The molecule has 0 saturated carbocycles. The molecule has 7 heteroatoms. The Balaban J connectivity index is 1.51. The number of benzene rings is 1. The van der Waals surface area contributed by atoms with E-state index >= 15 is 0 Å². The highest BCUT2D eigenvalue weighted by atomic mass is 16.1. The van der Waals surface area contributed by atoms with Crippen LogP contribution in [0.3, 0.4) is 0 Å². The summed E-state index contributed by atoms with van der Waals surface area (Å²) >= 11 is 0. The molecule has 0 atom stereocenters. The van der Waals surface area contributed by atoms with Crippen molar-refractivity contribution in [3.8, 4) is 5.82 Å². The zero-order chi connectivity index (χ0) is 18.4. The third-order valence-electron chi connectivity index (χ3n) is 3.86. The predicted molar refractivity (Wildman–Crippen MR) is 100 cm³/mol. The number of nitrogens with one attached hydrogen (secondary N) is 2. The van der Waals surface area contributed by atoms with Crippen LogP contribution in [0.15, 0.2) is 48.8 Å². The first-order chi connectivity index (χ1) is 12.6. The molecule has 0 bridgehead atoms. The van der Waals surface area contributed by atoms with Gasteiger partial charge in [0.15, 0.2) is 5.82 Å². The molecule has 2 heterocycles. The highest BCUT2D eigenvalue weighted by molar-refractivity contribution is 5.80. The third kappa shape index (κ3) is 4.66. The van der Waals surface area contributed by atoms with Gasteiger partial charge in [-0.2, -0.15) is 5.10 Å². The molecule has 26 heavy (non-hydrogen) atoms. The van der Waals surface area contributed by atoms with E-state index in [0.717, 1.165) is 17.8 Å². The smallest absolute Gasteiger partial charge is 0.239 e. The quantitative estimate of drug-likeness (QED) is 0.681. The molecule has 0 aliphatic rings. The van der Waals surface area contributed by atoms with Crippen molar-refractivity contribution in [2.45, 2.75) is 20.3 Å². The van der Waals surface area contributed by atoms with Gasteiger partial charge in [0.2, 0.25) is 5.91 Å². The topological polar surface area (TPSA) is 84.7 Å². The summed E-state index contributed by atoms with van der Waals surface area (Å²) in [6.07, 6.45) is 4.04. The Morgan fingerprint density at radius 3 is 2.69 bits per heavy atom. The summed E-state index contributed by atoms with van der Waals surface area (Å²) < 4.78 is 1.73. The van der Waals surface area contributed by atoms with Crippen molar-refractivity contribution in [1.29, 1.82) is 0 Å². The van der Waals surface area contributed by atoms with E-state index in [2.05, 4.69) is 25.7 Å². The second-order valence-corrected chi connectivity index (χ2v) is 6.04. The van der Waals surface area contributed by atoms with E-state index in [4.69, 9.17) is 0 Å². The molecular weight excluding hydrogens is 328 g/mol. The van der Waals surface area contributed by atoms with Crippen LogP contribution in [-0.4, -0.2) is 38.7 Å². The first kappa shape index (κ1) is 17.6. The van der Waals surface area contributed by atoms with Crippen LogP contribution in [0.25, 0.3) is 5.82 Å². The fraction of sp³-hybridized carbons (Fsp3) is 0.263. The first-order valence-corrected chi connectivity index (χ1v) is 8.52. The van der Waals surface area contributed by atoms with Crippen molar-refractivity contribution in [3.63, 3.8) is 0 Å². The number of amides is 1. The number of aromatic nitrogens is 4. The molecule has 2 aromatic heterocycles. The molecule has 0 unspecified atom stereocenters. The lowest BCUT2D eigenvalue weighted by molar-refractivity contribution is -0.119. The van der Waals surface area contributed by atoms with Gasteiger partial charge in [-0.25, -0.2) is 9.67 Å². The summed E-state index contributed by atoms with van der Waals surface area (Å²) in [6.45, 7) is 4.63. The van der Waals surface area contributed by atoms with Crippen LogP contribution in [-0.2, 0) is 11.2 Å². The summed E-state index contributed by atoms with van der Waals surface area (Å²) in [4.78, 5) is 20.6. The molecule has 1 aromatic carbocycles. The lowest BCUT2D eigenvalue weighted by Gasteiger charge is -2.09. The normalized spacial score (nSPS) is 10.5. The Bertz CT molecular complexity index is 875. The monoisotopic (exact) mass is 350 g/mol. The van der Waals surface area contributed by atoms with E-state index in [0.29, 0.717) is 18.2 Å². The number of carbonyl (C=O) groups excluding carboxylic acids is 1. The maximum absolute atomic E-state index is 12.0. The van der Waals surface area contributed by atoms with Gasteiger partial charge in [0.25, 0.3) is 0 Å². The van der Waals surface area contributed by atoms with E-state index in [1.807, 2.05) is 50.2 Å². The summed E-state index contributed by atoms with van der Waals surface area (Å²) in [5, 5.41) is 10.3. The van der Waals surface area contributed by atoms with Gasteiger partial charge >= 0.3 is 0 Å². The minimum atomic E-state index is -0.0840. The molecule has 0 aliphatic carbocycles. The Hall–Kier alpha value is -3.22. The highest BCUT2D eigenvalue weighted by Crippen LogP contribution is 2.10. The van der Waals surface area contributed by atoms with Gasteiger partial charge in [-0.05, 0) is 31.9 Å². The summed E-state index contributed by atoms with van der Waals surface area (Å²) in [5.41, 5.74) is 3.09. The molecule has 0 spiro atoms. The summed E-state index contributed by atoms with van der Waals surface area (Å²) in [5.74, 6) is 1.07. The molecule has 134 valence electrons. The lowest BCUT2D eigenvalue weighted by Crippen LogP contribution is -2.31. The number of anilines is 1. The molecule has 0 aliphatic heterocycles. The molecule has 7 nitrogen and oxygen atoms in total. The van der Waals surface area contributed by atoms with E-state index in [1.165, 1.54) is 5.56 Å². The van der Waals surface area contributed by atoms with Gasteiger partial charge in [-0.15, -0.1) is 0 Å². The Kier molecular flexibility index (Phi) is 5.58. The standard InChI is InChI=1S/C19H22N6O/c1-14-10-15(2)25(24-14)18-12-20-11-17(23-18)22-13-19(26)21-9-8-16-6-4-3-5-7-16/h3-7,10-12H,8-9,13H2,1-2H3,(H,21,26)(H,22,23). The first-order valence-electron chi connectivity index (χ1n) is 8.52. The number of hydrogen-bond donors (Lipinski definition) is 2. The number of carbonyl (C=O) groups is 1. The minimum Gasteiger partial charge on any atom is -0.360 e. The van der Waals surface area contributed by atoms with Crippen molar-refractivity contribution >= 4 is 11.7 Å². The van der Waals surface area contributed by atoms with Gasteiger partial charge in [0.1, 0.15) is 5.82 Å². The molecule has 2 N–H and O–H groups in total. The fourth-order valence-electron chi connectivity index (χ4n) is 2.63.